The second-order valence-electron chi connectivity index (χ2n) is 2.81. The first-order chi connectivity index (χ1) is 6.77. The van der Waals surface area contributed by atoms with E-state index in [1.807, 2.05) is 12.2 Å². The maximum Gasteiger partial charge on any atom is 0.150 e. The number of hydrogen-bond donors (Lipinski definition) is 1. The lowest BCUT2D eigenvalue weighted by atomic mass is 10.1. The van der Waals surface area contributed by atoms with Gasteiger partial charge in [-0.25, -0.2) is 0 Å². The van der Waals surface area contributed by atoms with Gasteiger partial charge in [-0.05, 0) is 24.1 Å². The van der Waals surface area contributed by atoms with Crippen LogP contribution in [-0.4, -0.2) is 17.3 Å². The highest BCUT2D eigenvalue weighted by atomic mass is 35.5. The molecule has 1 rings (SSSR count). The van der Waals surface area contributed by atoms with Gasteiger partial charge in [0.25, 0.3) is 0 Å². The maximum absolute atomic E-state index is 10.6. The smallest absolute Gasteiger partial charge is 0.150 e. The van der Waals surface area contributed by atoms with E-state index in [0.717, 1.165) is 18.3 Å². The highest BCUT2D eigenvalue weighted by Gasteiger charge is 1.98. The molecular weight excluding hydrogens is 200 g/mol. The maximum atomic E-state index is 10.6. The molecule has 0 unspecified atom stereocenters. The van der Waals surface area contributed by atoms with Crippen molar-refractivity contribution in [3.8, 4) is 5.75 Å². The number of phenols is 1. The fourth-order valence-electron chi connectivity index (χ4n) is 1.09. The predicted molar refractivity (Wildman–Crippen MR) is 57.9 cm³/mol. The van der Waals surface area contributed by atoms with Gasteiger partial charge < -0.3 is 5.11 Å². The van der Waals surface area contributed by atoms with Crippen LogP contribution in [0.4, 0.5) is 0 Å². The molecule has 0 spiro atoms. The number of halogens is 1. The molecule has 0 aromatic heterocycles. The summed E-state index contributed by atoms with van der Waals surface area (Å²) >= 11 is 5.51. The van der Waals surface area contributed by atoms with Crippen molar-refractivity contribution in [2.24, 2.45) is 0 Å². The fourth-order valence-corrected chi connectivity index (χ4v) is 1.22. The lowest BCUT2D eigenvalue weighted by Crippen LogP contribution is -1.85. The van der Waals surface area contributed by atoms with Crippen molar-refractivity contribution in [1.82, 2.24) is 0 Å². The van der Waals surface area contributed by atoms with Gasteiger partial charge in [-0.15, -0.1) is 11.6 Å². The van der Waals surface area contributed by atoms with Crippen LogP contribution in [-0.2, 0) is 0 Å². The first-order valence-electron chi connectivity index (χ1n) is 4.28. The lowest BCUT2D eigenvalue weighted by Gasteiger charge is -1.99. The van der Waals surface area contributed by atoms with Gasteiger partial charge >= 0.3 is 0 Å². The van der Waals surface area contributed by atoms with Crippen LogP contribution in [0.15, 0.2) is 24.3 Å². The summed E-state index contributed by atoms with van der Waals surface area (Å²) in [5.41, 5.74) is 1.28. The molecule has 74 valence electrons. The lowest BCUT2D eigenvalue weighted by molar-refractivity contribution is 0.112. The van der Waals surface area contributed by atoms with Crippen molar-refractivity contribution in [1.29, 1.82) is 0 Å². The van der Waals surface area contributed by atoms with Crippen molar-refractivity contribution < 1.29 is 9.90 Å². The van der Waals surface area contributed by atoms with Crippen LogP contribution in [0.5, 0.6) is 5.75 Å². The molecule has 0 fully saturated rings. The van der Waals surface area contributed by atoms with Crippen molar-refractivity contribution in [2.45, 2.75) is 6.42 Å². The Morgan fingerprint density at radius 3 is 2.79 bits per heavy atom. The molecule has 0 saturated heterocycles. The molecule has 1 aromatic rings. The fraction of sp³-hybridized carbons (Fsp3) is 0.182. The molecular formula is C11H11ClO2. The Morgan fingerprint density at radius 2 is 2.14 bits per heavy atom. The van der Waals surface area contributed by atoms with E-state index in [9.17, 15) is 4.79 Å². The Hall–Kier alpha value is -1.28. The SMILES string of the molecule is O=Cc1cc(O)ccc1C=CCCCl. The van der Waals surface area contributed by atoms with Gasteiger partial charge in [-0.2, -0.15) is 0 Å². The molecule has 1 aromatic carbocycles. The minimum Gasteiger partial charge on any atom is -0.508 e. The van der Waals surface area contributed by atoms with Gasteiger partial charge in [-0.1, -0.05) is 18.2 Å². The molecule has 0 aliphatic rings. The molecule has 0 amide bonds. The van der Waals surface area contributed by atoms with E-state index in [-0.39, 0.29) is 5.75 Å². The van der Waals surface area contributed by atoms with E-state index in [1.54, 1.807) is 12.1 Å². The number of aldehydes is 1. The second kappa shape index (κ2) is 5.45. The summed E-state index contributed by atoms with van der Waals surface area (Å²) in [5, 5.41) is 9.14. The van der Waals surface area contributed by atoms with Crippen molar-refractivity contribution in [3.05, 3.63) is 35.4 Å². The molecule has 3 heteroatoms. The van der Waals surface area contributed by atoms with Crippen molar-refractivity contribution in [3.63, 3.8) is 0 Å². The molecule has 0 saturated carbocycles. The second-order valence-corrected chi connectivity index (χ2v) is 3.19. The minimum absolute atomic E-state index is 0.0987. The Balaban J connectivity index is 2.90. The molecule has 0 aliphatic heterocycles. The number of carbonyl (C=O) groups is 1. The third kappa shape index (κ3) is 2.89. The number of benzene rings is 1. The van der Waals surface area contributed by atoms with Crippen LogP contribution in [0.25, 0.3) is 6.08 Å². The zero-order chi connectivity index (χ0) is 10.4. The molecule has 0 radical (unpaired) electrons. The molecule has 2 nitrogen and oxygen atoms in total. The van der Waals surface area contributed by atoms with Gasteiger partial charge in [0.2, 0.25) is 0 Å². The van der Waals surface area contributed by atoms with Crippen LogP contribution in [0.2, 0.25) is 0 Å². The third-order valence-corrected chi connectivity index (χ3v) is 1.99. The molecule has 0 aliphatic carbocycles. The number of alkyl halides is 1. The summed E-state index contributed by atoms with van der Waals surface area (Å²) in [5.74, 6) is 0.659. The summed E-state index contributed by atoms with van der Waals surface area (Å²) in [7, 11) is 0. The number of allylic oxidation sites excluding steroid dienone is 1. The first-order valence-corrected chi connectivity index (χ1v) is 4.82. The highest BCUT2D eigenvalue weighted by molar-refractivity contribution is 6.17. The van der Waals surface area contributed by atoms with E-state index < -0.39 is 0 Å². The zero-order valence-corrected chi connectivity index (χ0v) is 8.37. The van der Waals surface area contributed by atoms with E-state index in [0.29, 0.717) is 11.4 Å². The number of aromatic hydroxyl groups is 1. The Bertz CT molecular complexity index is 345. The number of carbonyl (C=O) groups excluding carboxylic acids is 1. The molecule has 0 atom stereocenters. The Labute approximate surface area is 87.8 Å². The highest BCUT2D eigenvalue weighted by Crippen LogP contribution is 2.16. The Kier molecular flexibility index (Phi) is 4.20. The molecule has 14 heavy (non-hydrogen) atoms. The van der Waals surface area contributed by atoms with Crippen LogP contribution >= 0.6 is 11.6 Å². The summed E-state index contributed by atoms with van der Waals surface area (Å²) in [4.78, 5) is 10.6. The monoisotopic (exact) mass is 210 g/mol. The Morgan fingerprint density at radius 1 is 1.36 bits per heavy atom. The minimum atomic E-state index is 0.0987. The van der Waals surface area contributed by atoms with Crippen molar-refractivity contribution in [2.75, 3.05) is 5.88 Å². The molecule has 1 N–H and O–H groups in total. The average molecular weight is 211 g/mol. The third-order valence-electron chi connectivity index (χ3n) is 1.77. The zero-order valence-electron chi connectivity index (χ0n) is 7.61. The van der Waals surface area contributed by atoms with E-state index in [1.165, 1.54) is 6.07 Å². The van der Waals surface area contributed by atoms with Crippen LogP contribution in [0.3, 0.4) is 0 Å². The van der Waals surface area contributed by atoms with Crippen LogP contribution < -0.4 is 0 Å². The standard InChI is InChI=1S/C11H11ClO2/c12-6-2-1-3-9-4-5-11(14)7-10(9)8-13/h1,3-5,7-8,14H,2,6H2. The largest absolute Gasteiger partial charge is 0.508 e. The van der Waals surface area contributed by atoms with Gasteiger partial charge in [-0.3, -0.25) is 4.79 Å². The topological polar surface area (TPSA) is 37.3 Å². The number of rotatable bonds is 4. The first kappa shape index (κ1) is 10.8. The normalized spacial score (nSPS) is 10.6. The summed E-state index contributed by atoms with van der Waals surface area (Å²) in [6.07, 6.45) is 5.21. The quantitative estimate of drug-likeness (QED) is 0.613. The van der Waals surface area contributed by atoms with Gasteiger partial charge in [0.1, 0.15) is 5.75 Å². The predicted octanol–water partition coefficient (Wildman–Crippen LogP) is 2.85. The van der Waals surface area contributed by atoms with Gasteiger partial charge in [0, 0.05) is 11.4 Å². The van der Waals surface area contributed by atoms with Crippen LogP contribution in [0.1, 0.15) is 22.3 Å². The number of hydrogen-bond acceptors (Lipinski definition) is 2. The van der Waals surface area contributed by atoms with Gasteiger partial charge in [0.15, 0.2) is 6.29 Å². The molecule has 0 heterocycles. The van der Waals surface area contributed by atoms with Crippen LogP contribution in [0, 0.1) is 0 Å². The average Bonchev–Trinajstić information content (AvgIpc) is 2.20. The van der Waals surface area contributed by atoms with E-state index in [2.05, 4.69) is 0 Å². The van der Waals surface area contributed by atoms with E-state index in [4.69, 9.17) is 16.7 Å². The number of phenolic OH excluding ortho intramolecular Hbond substituents is 1. The summed E-state index contributed by atoms with van der Waals surface area (Å²) in [6.45, 7) is 0. The van der Waals surface area contributed by atoms with Crippen molar-refractivity contribution >= 4 is 24.0 Å². The summed E-state index contributed by atoms with van der Waals surface area (Å²) < 4.78 is 0. The van der Waals surface area contributed by atoms with Gasteiger partial charge in [0.05, 0.1) is 0 Å². The molecule has 0 bridgehead atoms. The summed E-state index contributed by atoms with van der Waals surface area (Å²) in [6, 6.07) is 4.69. The van der Waals surface area contributed by atoms with E-state index >= 15 is 0 Å².